The Balaban J connectivity index is 2.54. The molecule has 0 bridgehead atoms. The summed E-state index contributed by atoms with van der Waals surface area (Å²) in [4.78, 5) is 13.5. The first-order valence-corrected chi connectivity index (χ1v) is 8.04. The normalized spacial score (nSPS) is 20.2. The molecular formula is C18H27NO2. The Morgan fingerprint density at radius 1 is 1.38 bits per heavy atom. The van der Waals surface area contributed by atoms with E-state index in [-0.39, 0.29) is 11.3 Å². The summed E-state index contributed by atoms with van der Waals surface area (Å²) in [5.74, 6) is 0.546. The van der Waals surface area contributed by atoms with Gasteiger partial charge in [-0.3, -0.25) is 4.79 Å². The highest BCUT2D eigenvalue weighted by atomic mass is 16.3. The molecule has 3 nitrogen and oxygen atoms in total. The van der Waals surface area contributed by atoms with E-state index in [1.807, 2.05) is 6.07 Å². The Morgan fingerprint density at radius 3 is 2.67 bits per heavy atom. The minimum absolute atomic E-state index is 0.0813. The molecule has 1 unspecified atom stereocenters. The topological polar surface area (TPSA) is 40.5 Å². The van der Waals surface area contributed by atoms with Crippen LogP contribution in [0.2, 0.25) is 0 Å². The summed E-state index contributed by atoms with van der Waals surface area (Å²) >= 11 is 0. The quantitative estimate of drug-likeness (QED) is 0.812. The van der Waals surface area contributed by atoms with Gasteiger partial charge in [-0.25, -0.2) is 0 Å². The number of hydrogen-bond donors (Lipinski definition) is 1. The van der Waals surface area contributed by atoms with Crippen molar-refractivity contribution in [2.24, 2.45) is 0 Å². The van der Waals surface area contributed by atoms with Gasteiger partial charge in [0.25, 0.3) is 0 Å². The van der Waals surface area contributed by atoms with Gasteiger partial charge in [0.15, 0.2) is 6.29 Å². The molecule has 21 heavy (non-hydrogen) atoms. The number of phenols is 1. The summed E-state index contributed by atoms with van der Waals surface area (Å²) in [7, 11) is 0. The van der Waals surface area contributed by atoms with Gasteiger partial charge in [0, 0.05) is 23.8 Å². The van der Waals surface area contributed by atoms with Crippen LogP contribution >= 0.6 is 0 Å². The first-order chi connectivity index (χ1) is 9.94. The van der Waals surface area contributed by atoms with Gasteiger partial charge in [0.05, 0.1) is 5.56 Å². The van der Waals surface area contributed by atoms with E-state index < -0.39 is 0 Å². The molecule has 1 N–H and O–H groups in total. The molecule has 1 heterocycles. The molecule has 1 atom stereocenters. The monoisotopic (exact) mass is 289 g/mol. The van der Waals surface area contributed by atoms with Crippen LogP contribution in [0.1, 0.15) is 75.2 Å². The number of aldehydes is 1. The van der Waals surface area contributed by atoms with E-state index in [0.717, 1.165) is 44.2 Å². The summed E-state index contributed by atoms with van der Waals surface area (Å²) in [5, 5.41) is 10.1. The second-order valence-corrected chi connectivity index (χ2v) is 6.71. The standard InChI is InChI=1S/C18H27NO2/c1-5-7-8-19-16-10-17(21)14(12-20)9-15(16)13(6-2)11-18(19,3)4/h9-10,12-13,21H,5-8,11H2,1-4H3. The lowest BCUT2D eigenvalue weighted by atomic mass is 9.77. The average Bonchev–Trinajstić information content (AvgIpc) is 2.44. The first kappa shape index (κ1) is 15.9. The summed E-state index contributed by atoms with van der Waals surface area (Å²) in [5.41, 5.74) is 2.81. The number of rotatable bonds is 5. The van der Waals surface area contributed by atoms with Gasteiger partial charge >= 0.3 is 0 Å². The SMILES string of the molecule is CCCCN1c2cc(O)c(C=O)cc2C(CC)CC1(C)C. The molecule has 0 saturated carbocycles. The lowest BCUT2D eigenvalue weighted by Gasteiger charge is -2.48. The van der Waals surface area contributed by atoms with Crippen molar-refractivity contribution in [2.75, 3.05) is 11.4 Å². The number of anilines is 1. The van der Waals surface area contributed by atoms with Crippen LogP contribution in [0.5, 0.6) is 5.75 Å². The smallest absolute Gasteiger partial charge is 0.153 e. The van der Waals surface area contributed by atoms with Crippen LogP contribution < -0.4 is 4.90 Å². The zero-order chi connectivity index (χ0) is 15.6. The fourth-order valence-electron chi connectivity index (χ4n) is 3.52. The molecule has 3 heteroatoms. The molecule has 1 aliphatic rings. The van der Waals surface area contributed by atoms with Crippen molar-refractivity contribution in [3.8, 4) is 5.75 Å². The first-order valence-electron chi connectivity index (χ1n) is 8.04. The molecule has 0 aliphatic carbocycles. The Morgan fingerprint density at radius 2 is 2.10 bits per heavy atom. The number of nitrogens with zero attached hydrogens (tertiary/aromatic N) is 1. The summed E-state index contributed by atoms with van der Waals surface area (Å²) in [6.07, 6.45) is 5.18. The number of carbonyl (C=O) groups excluding carboxylic acids is 1. The van der Waals surface area contributed by atoms with Gasteiger partial charge in [-0.05, 0) is 50.7 Å². The zero-order valence-electron chi connectivity index (χ0n) is 13.6. The lowest BCUT2D eigenvalue weighted by Crippen LogP contribution is -2.49. The second kappa shape index (κ2) is 6.08. The van der Waals surface area contributed by atoms with E-state index >= 15 is 0 Å². The number of carbonyl (C=O) groups is 1. The third-order valence-electron chi connectivity index (χ3n) is 4.74. The molecule has 1 aromatic carbocycles. The van der Waals surface area contributed by atoms with Crippen LogP contribution in [-0.2, 0) is 0 Å². The second-order valence-electron chi connectivity index (χ2n) is 6.71. The van der Waals surface area contributed by atoms with Gasteiger partial charge in [-0.1, -0.05) is 20.3 Å². The van der Waals surface area contributed by atoms with Crippen molar-refractivity contribution in [2.45, 2.75) is 64.8 Å². The van der Waals surface area contributed by atoms with Crippen molar-refractivity contribution in [1.29, 1.82) is 0 Å². The van der Waals surface area contributed by atoms with Crippen LogP contribution in [0, 0.1) is 0 Å². The van der Waals surface area contributed by atoms with E-state index in [2.05, 4.69) is 32.6 Å². The van der Waals surface area contributed by atoms with Crippen LogP contribution in [0.4, 0.5) is 5.69 Å². The van der Waals surface area contributed by atoms with Crippen LogP contribution in [0.15, 0.2) is 12.1 Å². The van der Waals surface area contributed by atoms with Crippen molar-refractivity contribution in [3.63, 3.8) is 0 Å². The molecule has 0 saturated heterocycles. The number of aromatic hydroxyl groups is 1. The minimum atomic E-state index is 0.0813. The molecule has 0 aromatic heterocycles. The minimum Gasteiger partial charge on any atom is -0.507 e. The Kier molecular flexibility index (Phi) is 4.60. The number of benzene rings is 1. The Labute approximate surface area is 128 Å². The predicted molar refractivity (Wildman–Crippen MR) is 87.5 cm³/mol. The van der Waals surface area contributed by atoms with Gasteiger partial charge in [-0.15, -0.1) is 0 Å². The van der Waals surface area contributed by atoms with Crippen molar-refractivity contribution in [3.05, 3.63) is 23.3 Å². The van der Waals surface area contributed by atoms with E-state index in [9.17, 15) is 9.90 Å². The molecule has 0 spiro atoms. The number of hydrogen-bond acceptors (Lipinski definition) is 3. The molecule has 0 radical (unpaired) electrons. The molecule has 0 amide bonds. The maximum absolute atomic E-state index is 11.1. The number of unbranched alkanes of at least 4 members (excludes halogenated alkanes) is 1. The lowest BCUT2D eigenvalue weighted by molar-refractivity contribution is 0.112. The molecule has 1 aliphatic heterocycles. The fraction of sp³-hybridized carbons (Fsp3) is 0.611. The van der Waals surface area contributed by atoms with Crippen LogP contribution in [0.3, 0.4) is 0 Å². The Bertz CT molecular complexity index is 522. The zero-order valence-corrected chi connectivity index (χ0v) is 13.6. The van der Waals surface area contributed by atoms with E-state index in [0.29, 0.717) is 11.5 Å². The maximum Gasteiger partial charge on any atom is 0.153 e. The van der Waals surface area contributed by atoms with Gasteiger partial charge in [-0.2, -0.15) is 0 Å². The third kappa shape index (κ3) is 2.92. The maximum atomic E-state index is 11.1. The fourth-order valence-corrected chi connectivity index (χ4v) is 3.52. The average molecular weight is 289 g/mol. The third-order valence-corrected chi connectivity index (χ3v) is 4.74. The van der Waals surface area contributed by atoms with E-state index in [4.69, 9.17) is 0 Å². The van der Waals surface area contributed by atoms with Crippen molar-refractivity contribution in [1.82, 2.24) is 0 Å². The van der Waals surface area contributed by atoms with Gasteiger partial charge in [0.2, 0.25) is 0 Å². The van der Waals surface area contributed by atoms with E-state index in [1.54, 1.807) is 6.07 Å². The van der Waals surface area contributed by atoms with E-state index in [1.165, 1.54) is 5.56 Å². The molecule has 2 rings (SSSR count). The molecule has 116 valence electrons. The highest BCUT2D eigenvalue weighted by Gasteiger charge is 2.37. The van der Waals surface area contributed by atoms with Crippen molar-refractivity contribution < 1.29 is 9.90 Å². The summed E-state index contributed by atoms with van der Waals surface area (Å²) in [6, 6.07) is 3.68. The highest BCUT2D eigenvalue weighted by molar-refractivity contribution is 5.82. The Hall–Kier alpha value is -1.51. The highest BCUT2D eigenvalue weighted by Crippen LogP contribution is 2.46. The predicted octanol–water partition coefficient (Wildman–Crippen LogP) is 4.49. The van der Waals surface area contributed by atoms with Crippen LogP contribution in [-0.4, -0.2) is 23.5 Å². The number of fused-ring (bicyclic) bond motifs is 1. The molecular weight excluding hydrogens is 262 g/mol. The van der Waals surface area contributed by atoms with Gasteiger partial charge in [0.1, 0.15) is 5.75 Å². The molecule has 0 fully saturated rings. The molecule has 1 aromatic rings. The van der Waals surface area contributed by atoms with Gasteiger partial charge < -0.3 is 10.0 Å². The largest absolute Gasteiger partial charge is 0.507 e. The summed E-state index contributed by atoms with van der Waals surface area (Å²) in [6.45, 7) is 9.93. The van der Waals surface area contributed by atoms with Crippen LogP contribution in [0.25, 0.3) is 0 Å². The van der Waals surface area contributed by atoms with Crippen molar-refractivity contribution >= 4 is 12.0 Å². The number of phenolic OH excluding ortho intramolecular Hbond substituents is 1. The summed E-state index contributed by atoms with van der Waals surface area (Å²) < 4.78 is 0.